The van der Waals surface area contributed by atoms with Gasteiger partial charge >= 0.3 is 0 Å². The first-order valence-electron chi connectivity index (χ1n) is 8.60. The smallest absolute Gasteiger partial charge is 0.118 e. The van der Waals surface area contributed by atoms with E-state index in [1.807, 2.05) is 35.1 Å². The Balaban J connectivity index is 1.55. The van der Waals surface area contributed by atoms with Crippen molar-refractivity contribution in [3.63, 3.8) is 0 Å². The van der Waals surface area contributed by atoms with Crippen molar-refractivity contribution in [3.8, 4) is 5.75 Å². The van der Waals surface area contributed by atoms with Crippen LogP contribution >= 0.6 is 15.9 Å². The van der Waals surface area contributed by atoms with Crippen molar-refractivity contribution in [1.82, 2.24) is 9.78 Å². The van der Waals surface area contributed by atoms with Crippen LogP contribution in [0.2, 0.25) is 0 Å². The molecule has 138 valence electrons. The quantitative estimate of drug-likeness (QED) is 0.507. The first-order chi connectivity index (χ1) is 12.1. The molecule has 0 saturated heterocycles. The van der Waals surface area contributed by atoms with Gasteiger partial charge in [0.05, 0.1) is 36.5 Å². The molecule has 0 radical (unpaired) electrons. The second kappa shape index (κ2) is 10.6. The second-order valence-electron chi connectivity index (χ2n) is 6.15. The Morgan fingerprint density at radius 2 is 1.84 bits per heavy atom. The van der Waals surface area contributed by atoms with Crippen LogP contribution in [0.5, 0.6) is 5.75 Å². The zero-order chi connectivity index (χ0) is 18.1. The van der Waals surface area contributed by atoms with E-state index in [4.69, 9.17) is 14.2 Å². The standard InChI is InChI=1S/C19H27BrN2O3/c1-15(22-13-18(20)12-21-22)8-10-24-11-9-16(2)25-14-17-4-6-19(23-3)7-5-17/h4-7,12-13,15-16H,8-11,14H2,1-3H3. The van der Waals surface area contributed by atoms with Gasteiger partial charge in [-0.15, -0.1) is 0 Å². The molecule has 0 saturated carbocycles. The van der Waals surface area contributed by atoms with Gasteiger partial charge < -0.3 is 14.2 Å². The lowest BCUT2D eigenvalue weighted by Gasteiger charge is -2.15. The summed E-state index contributed by atoms with van der Waals surface area (Å²) in [5.41, 5.74) is 1.15. The molecular weight excluding hydrogens is 384 g/mol. The van der Waals surface area contributed by atoms with Crippen molar-refractivity contribution in [3.05, 3.63) is 46.7 Å². The summed E-state index contributed by atoms with van der Waals surface area (Å²) in [4.78, 5) is 0. The molecule has 2 unspecified atom stereocenters. The highest BCUT2D eigenvalue weighted by Gasteiger charge is 2.07. The van der Waals surface area contributed by atoms with Gasteiger partial charge in [-0.2, -0.15) is 5.10 Å². The molecule has 0 bridgehead atoms. The van der Waals surface area contributed by atoms with Gasteiger partial charge in [0.2, 0.25) is 0 Å². The van der Waals surface area contributed by atoms with Crippen LogP contribution in [0.3, 0.4) is 0 Å². The van der Waals surface area contributed by atoms with E-state index in [2.05, 4.69) is 34.9 Å². The lowest BCUT2D eigenvalue weighted by atomic mass is 10.2. The average Bonchev–Trinajstić information content (AvgIpc) is 3.06. The van der Waals surface area contributed by atoms with Gasteiger partial charge in [0.1, 0.15) is 5.75 Å². The van der Waals surface area contributed by atoms with Gasteiger partial charge in [0.15, 0.2) is 0 Å². The lowest BCUT2D eigenvalue weighted by Crippen LogP contribution is -2.13. The topological polar surface area (TPSA) is 45.5 Å². The van der Waals surface area contributed by atoms with Crippen molar-refractivity contribution in [2.24, 2.45) is 0 Å². The number of rotatable bonds is 11. The van der Waals surface area contributed by atoms with Crippen LogP contribution in [-0.2, 0) is 16.1 Å². The van der Waals surface area contributed by atoms with Crippen LogP contribution in [0.25, 0.3) is 0 Å². The number of benzene rings is 1. The molecule has 0 amide bonds. The molecule has 0 aliphatic rings. The van der Waals surface area contributed by atoms with E-state index in [0.29, 0.717) is 19.3 Å². The van der Waals surface area contributed by atoms with E-state index in [9.17, 15) is 0 Å². The molecule has 5 nitrogen and oxygen atoms in total. The largest absolute Gasteiger partial charge is 0.497 e. The molecule has 1 aromatic carbocycles. The Kier molecular flexibility index (Phi) is 8.44. The van der Waals surface area contributed by atoms with Crippen LogP contribution in [0, 0.1) is 0 Å². The number of ether oxygens (including phenoxy) is 3. The minimum absolute atomic E-state index is 0.168. The molecule has 2 atom stereocenters. The molecule has 0 spiro atoms. The average molecular weight is 411 g/mol. The van der Waals surface area contributed by atoms with E-state index in [0.717, 1.165) is 35.2 Å². The van der Waals surface area contributed by atoms with Gasteiger partial charge in [-0.05, 0) is 60.3 Å². The summed E-state index contributed by atoms with van der Waals surface area (Å²) in [6.45, 7) is 6.26. The van der Waals surface area contributed by atoms with Crippen LogP contribution in [0.15, 0.2) is 41.1 Å². The molecule has 1 heterocycles. The summed E-state index contributed by atoms with van der Waals surface area (Å²) >= 11 is 3.41. The third kappa shape index (κ3) is 7.18. The number of methoxy groups -OCH3 is 1. The van der Waals surface area contributed by atoms with Crippen molar-refractivity contribution in [2.75, 3.05) is 20.3 Å². The van der Waals surface area contributed by atoms with Crippen molar-refractivity contribution < 1.29 is 14.2 Å². The Hall–Kier alpha value is -1.37. The molecule has 1 aromatic heterocycles. The zero-order valence-electron chi connectivity index (χ0n) is 15.2. The lowest BCUT2D eigenvalue weighted by molar-refractivity contribution is 0.0205. The SMILES string of the molecule is COc1ccc(COC(C)CCOCCC(C)n2cc(Br)cn2)cc1. The Labute approximate surface area is 158 Å². The summed E-state index contributed by atoms with van der Waals surface area (Å²) in [6, 6.07) is 8.28. The molecule has 2 rings (SSSR count). The van der Waals surface area contributed by atoms with Gasteiger partial charge in [-0.25, -0.2) is 0 Å². The first-order valence-corrected chi connectivity index (χ1v) is 9.39. The monoisotopic (exact) mass is 410 g/mol. The number of hydrogen-bond donors (Lipinski definition) is 0. The molecule has 25 heavy (non-hydrogen) atoms. The fourth-order valence-corrected chi connectivity index (χ4v) is 2.64. The van der Waals surface area contributed by atoms with Crippen LogP contribution < -0.4 is 4.74 Å². The molecule has 6 heteroatoms. The predicted octanol–water partition coefficient (Wildman–Crippen LogP) is 4.62. The normalized spacial score (nSPS) is 13.6. The van der Waals surface area contributed by atoms with E-state index >= 15 is 0 Å². The summed E-state index contributed by atoms with van der Waals surface area (Å²) < 4.78 is 19.7. The highest BCUT2D eigenvalue weighted by atomic mass is 79.9. The van der Waals surface area contributed by atoms with Crippen molar-refractivity contribution in [2.45, 2.75) is 45.4 Å². The van der Waals surface area contributed by atoms with E-state index in [-0.39, 0.29) is 6.10 Å². The Morgan fingerprint density at radius 3 is 2.48 bits per heavy atom. The fourth-order valence-electron chi connectivity index (χ4n) is 2.34. The number of hydrogen-bond acceptors (Lipinski definition) is 4. The van der Waals surface area contributed by atoms with Crippen molar-refractivity contribution in [1.29, 1.82) is 0 Å². The molecule has 0 aliphatic heterocycles. The zero-order valence-corrected chi connectivity index (χ0v) is 16.7. The number of aromatic nitrogens is 2. The number of nitrogens with zero attached hydrogens (tertiary/aromatic N) is 2. The first kappa shape index (κ1) is 19.9. The maximum Gasteiger partial charge on any atom is 0.118 e. The van der Waals surface area contributed by atoms with Gasteiger partial charge in [0, 0.05) is 19.4 Å². The third-order valence-electron chi connectivity index (χ3n) is 4.06. The second-order valence-corrected chi connectivity index (χ2v) is 7.06. The van der Waals surface area contributed by atoms with Gasteiger partial charge in [-0.3, -0.25) is 4.68 Å². The van der Waals surface area contributed by atoms with E-state index in [1.165, 1.54) is 0 Å². The van der Waals surface area contributed by atoms with E-state index in [1.54, 1.807) is 13.3 Å². The minimum atomic E-state index is 0.168. The van der Waals surface area contributed by atoms with Crippen LogP contribution in [0.4, 0.5) is 0 Å². The molecule has 0 fully saturated rings. The fraction of sp³-hybridized carbons (Fsp3) is 0.526. The Morgan fingerprint density at radius 1 is 1.12 bits per heavy atom. The summed E-state index contributed by atoms with van der Waals surface area (Å²) in [5.74, 6) is 0.863. The van der Waals surface area contributed by atoms with Crippen molar-refractivity contribution >= 4 is 15.9 Å². The Bertz CT molecular complexity index is 615. The summed E-state index contributed by atoms with van der Waals surface area (Å²) in [6.07, 6.45) is 5.79. The highest BCUT2D eigenvalue weighted by Crippen LogP contribution is 2.15. The molecular formula is C19H27BrN2O3. The predicted molar refractivity (Wildman–Crippen MR) is 102 cm³/mol. The van der Waals surface area contributed by atoms with Crippen LogP contribution in [-0.4, -0.2) is 36.2 Å². The molecule has 0 aliphatic carbocycles. The molecule has 2 aromatic rings. The third-order valence-corrected chi connectivity index (χ3v) is 4.47. The highest BCUT2D eigenvalue weighted by molar-refractivity contribution is 9.10. The molecule has 0 N–H and O–H groups in total. The van der Waals surface area contributed by atoms with Crippen LogP contribution in [0.1, 0.15) is 38.3 Å². The summed E-state index contributed by atoms with van der Waals surface area (Å²) in [7, 11) is 1.67. The number of halogens is 1. The minimum Gasteiger partial charge on any atom is -0.497 e. The maximum atomic E-state index is 5.86. The van der Waals surface area contributed by atoms with Gasteiger partial charge in [0.25, 0.3) is 0 Å². The summed E-state index contributed by atoms with van der Waals surface area (Å²) in [5, 5.41) is 4.29. The maximum absolute atomic E-state index is 5.86. The van der Waals surface area contributed by atoms with Gasteiger partial charge in [-0.1, -0.05) is 12.1 Å². The van der Waals surface area contributed by atoms with E-state index < -0.39 is 0 Å².